The minimum atomic E-state index is 0.635. The molecule has 4 N–H and O–H groups in total. The number of hydrogen-bond acceptors (Lipinski definition) is 4. The topological polar surface area (TPSA) is 67.6 Å². The second kappa shape index (κ2) is 15.3. The lowest BCUT2D eigenvalue weighted by Crippen LogP contribution is -2.19. The number of benzene rings is 1. The summed E-state index contributed by atoms with van der Waals surface area (Å²) in [6, 6.07) is 4.17. The minimum Gasteiger partial charge on any atom is -0.399 e. The van der Waals surface area contributed by atoms with Gasteiger partial charge in [0.25, 0.3) is 0 Å². The standard InChI is InChI=1S/C13H22N2.C6H10N2.C2H6/c1-5-7-11-9-12(14)8-10(3)13(11)15(4)6-2;1-3-6(7)4-5-8-2;1-2/h8-9H,5-7,14H2,1-4H3;3-5H,1,7H2,2H3;1-2H3/b;6-4+,8-5?;. The van der Waals surface area contributed by atoms with Crippen molar-refractivity contribution in [3.63, 3.8) is 0 Å². The lowest BCUT2D eigenvalue weighted by molar-refractivity contribution is 0.889. The molecule has 1 aromatic carbocycles. The monoisotopic (exact) mass is 346 g/mol. The van der Waals surface area contributed by atoms with Crippen molar-refractivity contribution in [3.8, 4) is 0 Å². The number of nitrogens with zero attached hydrogens (tertiary/aromatic N) is 2. The van der Waals surface area contributed by atoms with Gasteiger partial charge in [0.05, 0.1) is 0 Å². The molecule has 0 atom stereocenters. The average molecular weight is 347 g/mol. The van der Waals surface area contributed by atoms with Gasteiger partial charge in [-0.1, -0.05) is 33.8 Å². The largest absolute Gasteiger partial charge is 0.399 e. The lowest BCUT2D eigenvalue weighted by atomic mass is 10.0. The zero-order chi connectivity index (χ0) is 19.8. The van der Waals surface area contributed by atoms with E-state index in [0.29, 0.717) is 5.70 Å². The van der Waals surface area contributed by atoms with Gasteiger partial charge in [-0.25, -0.2) is 0 Å². The van der Waals surface area contributed by atoms with Crippen LogP contribution >= 0.6 is 0 Å². The van der Waals surface area contributed by atoms with Crippen molar-refractivity contribution in [2.24, 2.45) is 10.7 Å². The molecular weight excluding hydrogens is 308 g/mol. The van der Waals surface area contributed by atoms with Crippen LogP contribution in [0.15, 0.2) is 41.6 Å². The van der Waals surface area contributed by atoms with E-state index in [4.69, 9.17) is 11.5 Å². The Hall–Kier alpha value is -2.23. The number of aliphatic imine (C=N–C) groups is 1. The maximum absolute atomic E-state index is 5.88. The quantitative estimate of drug-likeness (QED) is 0.444. The fourth-order valence-electron chi connectivity index (χ4n) is 2.28. The predicted octanol–water partition coefficient (Wildman–Crippen LogP) is 4.73. The molecule has 0 fully saturated rings. The van der Waals surface area contributed by atoms with E-state index in [1.807, 2.05) is 13.8 Å². The highest BCUT2D eigenvalue weighted by atomic mass is 15.1. The van der Waals surface area contributed by atoms with Gasteiger partial charge in [-0.3, -0.25) is 4.99 Å². The van der Waals surface area contributed by atoms with Crippen molar-refractivity contribution in [2.75, 3.05) is 31.3 Å². The van der Waals surface area contributed by atoms with Crippen molar-refractivity contribution in [2.45, 2.75) is 47.5 Å². The van der Waals surface area contributed by atoms with E-state index in [2.05, 4.69) is 56.4 Å². The summed E-state index contributed by atoms with van der Waals surface area (Å²) in [6.07, 6.45) is 7.14. The summed E-state index contributed by atoms with van der Waals surface area (Å²) in [6.45, 7) is 15.0. The number of anilines is 2. The van der Waals surface area contributed by atoms with Gasteiger partial charge >= 0.3 is 0 Å². The van der Waals surface area contributed by atoms with Gasteiger partial charge in [0, 0.05) is 43.9 Å². The Balaban J connectivity index is 0. The fourth-order valence-corrected chi connectivity index (χ4v) is 2.28. The average Bonchev–Trinajstić information content (AvgIpc) is 2.61. The molecule has 0 saturated heterocycles. The predicted molar refractivity (Wildman–Crippen MR) is 117 cm³/mol. The Morgan fingerprint density at radius 3 is 2.32 bits per heavy atom. The van der Waals surface area contributed by atoms with Crippen molar-refractivity contribution in [1.82, 2.24) is 0 Å². The normalized spacial score (nSPS) is 10.4. The molecule has 0 saturated carbocycles. The first-order chi connectivity index (χ1) is 11.9. The molecule has 0 heterocycles. The van der Waals surface area contributed by atoms with E-state index in [1.165, 1.54) is 16.8 Å². The van der Waals surface area contributed by atoms with Gasteiger partial charge in [-0.2, -0.15) is 0 Å². The summed E-state index contributed by atoms with van der Waals surface area (Å²) < 4.78 is 0. The lowest BCUT2D eigenvalue weighted by Gasteiger charge is -2.23. The maximum atomic E-state index is 5.88. The van der Waals surface area contributed by atoms with Gasteiger partial charge in [0.1, 0.15) is 0 Å². The van der Waals surface area contributed by atoms with Crippen LogP contribution in [0.3, 0.4) is 0 Å². The second-order valence-corrected chi connectivity index (χ2v) is 5.39. The molecule has 0 aliphatic rings. The molecule has 0 aromatic heterocycles. The molecule has 142 valence electrons. The van der Waals surface area contributed by atoms with Crippen molar-refractivity contribution < 1.29 is 0 Å². The van der Waals surface area contributed by atoms with Crippen LogP contribution in [0.25, 0.3) is 0 Å². The molecule has 0 bridgehead atoms. The zero-order valence-electron chi connectivity index (χ0n) is 17.3. The van der Waals surface area contributed by atoms with Crippen molar-refractivity contribution in [3.05, 3.63) is 47.7 Å². The first-order valence-electron chi connectivity index (χ1n) is 9.01. The van der Waals surface area contributed by atoms with Gasteiger partial charge < -0.3 is 16.4 Å². The fraction of sp³-hybridized carbons (Fsp3) is 0.476. The minimum absolute atomic E-state index is 0.635. The molecule has 1 aromatic rings. The van der Waals surface area contributed by atoms with Gasteiger partial charge in [0.2, 0.25) is 0 Å². The molecule has 1 rings (SSSR count). The van der Waals surface area contributed by atoms with E-state index in [9.17, 15) is 0 Å². The molecule has 25 heavy (non-hydrogen) atoms. The van der Waals surface area contributed by atoms with E-state index in [1.54, 1.807) is 25.4 Å². The second-order valence-electron chi connectivity index (χ2n) is 5.39. The first kappa shape index (κ1) is 25.0. The van der Waals surface area contributed by atoms with Gasteiger partial charge in [-0.15, -0.1) is 0 Å². The highest BCUT2D eigenvalue weighted by Gasteiger charge is 2.09. The van der Waals surface area contributed by atoms with Crippen LogP contribution < -0.4 is 16.4 Å². The van der Waals surface area contributed by atoms with E-state index < -0.39 is 0 Å². The smallest absolute Gasteiger partial charge is 0.0427 e. The number of allylic oxidation sites excluding steroid dienone is 2. The zero-order valence-corrected chi connectivity index (χ0v) is 17.3. The molecule has 0 unspecified atom stereocenters. The summed E-state index contributed by atoms with van der Waals surface area (Å²) in [7, 11) is 3.82. The van der Waals surface area contributed by atoms with E-state index in [0.717, 1.165) is 25.1 Å². The summed E-state index contributed by atoms with van der Waals surface area (Å²) in [4.78, 5) is 5.99. The Morgan fingerprint density at radius 2 is 1.88 bits per heavy atom. The van der Waals surface area contributed by atoms with Crippen LogP contribution in [0.4, 0.5) is 11.4 Å². The molecule has 0 radical (unpaired) electrons. The summed E-state index contributed by atoms with van der Waals surface area (Å²) >= 11 is 0. The van der Waals surface area contributed by atoms with Crippen LogP contribution in [0, 0.1) is 6.92 Å². The van der Waals surface area contributed by atoms with Crippen LogP contribution in [0.2, 0.25) is 0 Å². The number of nitrogens with two attached hydrogens (primary N) is 2. The van der Waals surface area contributed by atoms with Crippen LogP contribution in [-0.4, -0.2) is 26.9 Å². The molecule has 4 nitrogen and oxygen atoms in total. The third-order valence-electron chi connectivity index (χ3n) is 3.43. The summed E-state index contributed by atoms with van der Waals surface area (Å²) in [5.41, 5.74) is 16.7. The van der Waals surface area contributed by atoms with E-state index in [-0.39, 0.29) is 0 Å². The molecule has 0 spiro atoms. The van der Waals surface area contributed by atoms with E-state index >= 15 is 0 Å². The maximum Gasteiger partial charge on any atom is 0.0427 e. The van der Waals surface area contributed by atoms with Crippen LogP contribution in [-0.2, 0) is 6.42 Å². The number of aryl methyl sites for hydroxylation is 2. The van der Waals surface area contributed by atoms with Gasteiger partial charge in [-0.05, 0) is 55.7 Å². The van der Waals surface area contributed by atoms with Crippen LogP contribution in [0.1, 0.15) is 45.2 Å². The third kappa shape index (κ3) is 10.3. The summed E-state index contributed by atoms with van der Waals surface area (Å²) in [5.74, 6) is 0. The van der Waals surface area contributed by atoms with Crippen molar-refractivity contribution in [1.29, 1.82) is 0 Å². The van der Waals surface area contributed by atoms with Crippen molar-refractivity contribution >= 4 is 17.6 Å². The highest BCUT2D eigenvalue weighted by Crippen LogP contribution is 2.28. The first-order valence-corrected chi connectivity index (χ1v) is 9.01. The van der Waals surface area contributed by atoms with Gasteiger partial charge in [0.15, 0.2) is 0 Å². The third-order valence-corrected chi connectivity index (χ3v) is 3.43. The van der Waals surface area contributed by atoms with Crippen LogP contribution in [0.5, 0.6) is 0 Å². The Morgan fingerprint density at radius 1 is 1.28 bits per heavy atom. The number of hydrogen-bond donors (Lipinski definition) is 2. The molecule has 0 aliphatic carbocycles. The number of nitrogen functional groups attached to an aromatic ring is 1. The Bertz CT molecular complexity index is 545. The Kier molecular flexibility index (Phi) is 15.3. The Labute approximate surface area is 155 Å². The number of rotatable bonds is 6. The SMILES string of the molecule is C=C/C(N)=C\C=NC.CC.CCCc1cc(N)cc(C)c1N(C)CC. The summed E-state index contributed by atoms with van der Waals surface area (Å²) in [5, 5.41) is 0. The molecule has 4 heteroatoms. The molecule has 0 aliphatic heterocycles. The molecule has 0 amide bonds. The highest BCUT2D eigenvalue weighted by molar-refractivity contribution is 5.72. The molecular formula is C21H38N4.